The number of hydrogen-bond donors (Lipinski definition) is 1. The zero-order valence-corrected chi connectivity index (χ0v) is 14.0. The molecule has 2 aromatic heterocycles. The van der Waals surface area contributed by atoms with Crippen molar-refractivity contribution in [2.45, 2.75) is 38.3 Å². The van der Waals surface area contributed by atoms with Gasteiger partial charge in [0, 0.05) is 11.1 Å². The average molecular weight is 363 g/mol. The number of fused-ring (bicyclic) bond motifs is 1. The molecule has 9 heteroatoms. The maximum Gasteiger partial charge on any atom is 0.420 e. The lowest BCUT2D eigenvalue weighted by Crippen LogP contribution is -2.32. The number of rotatable bonds is 4. The lowest BCUT2D eigenvalue weighted by atomic mass is 10.2. The summed E-state index contributed by atoms with van der Waals surface area (Å²) in [6.07, 6.45) is 4.14. The Morgan fingerprint density at radius 2 is 2.16 bits per heavy atom. The van der Waals surface area contributed by atoms with Crippen LogP contribution in [0.15, 0.2) is 31.9 Å². The second kappa shape index (κ2) is 6.36. The Morgan fingerprint density at radius 3 is 2.96 bits per heavy atom. The van der Waals surface area contributed by atoms with Crippen LogP contribution >= 0.6 is 11.6 Å². The van der Waals surface area contributed by atoms with Gasteiger partial charge in [0.25, 0.3) is 0 Å². The van der Waals surface area contributed by atoms with Gasteiger partial charge in [0.2, 0.25) is 0 Å². The summed E-state index contributed by atoms with van der Waals surface area (Å²) in [6.45, 7) is 0.0202. The van der Waals surface area contributed by atoms with Crippen molar-refractivity contribution in [3.05, 3.63) is 45.5 Å². The van der Waals surface area contributed by atoms with Crippen molar-refractivity contribution in [3.8, 4) is 0 Å². The summed E-state index contributed by atoms with van der Waals surface area (Å²) < 4.78 is 11.5. The molecule has 1 aromatic carbocycles. The fourth-order valence-electron chi connectivity index (χ4n) is 3.05. The number of hydrogen-bond acceptors (Lipinski definition) is 6. The number of oxazole rings is 1. The topological polar surface area (TPSA) is 103 Å². The molecule has 25 heavy (non-hydrogen) atoms. The standard InChI is InChI=1S/C16H15ClN4O4/c17-9-5-6-12-11(7-9)21(16(23)24-12)8-13-19-15(25-20-13)14(22)18-10-3-1-2-4-10/h5-7,10H,1-4,8H2,(H,18,22). The maximum atomic E-state index is 12.1. The predicted octanol–water partition coefficient (Wildman–Crippen LogP) is 2.35. The average Bonchev–Trinajstić information content (AvgIpc) is 3.30. The zero-order chi connectivity index (χ0) is 17.4. The van der Waals surface area contributed by atoms with E-state index in [1.807, 2.05) is 0 Å². The molecule has 0 saturated heterocycles. The van der Waals surface area contributed by atoms with Gasteiger partial charge in [-0.25, -0.2) is 4.79 Å². The summed E-state index contributed by atoms with van der Waals surface area (Å²) >= 11 is 5.97. The lowest BCUT2D eigenvalue weighted by Gasteiger charge is -2.08. The Balaban J connectivity index is 1.55. The van der Waals surface area contributed by atoms with Crippen LogP contribution in [0.2, 0.25) is 5.02 Å². The number of aromatic nitrogens is 3. The summed E-state index contributed by atoms with van der Waals surface area (Å²) in [5.74, 6) is -0.848. The number of halogens is 1. The predicted molar refractivity (Wildman–Crippen MR) is 88.6 cm³/mol. The van der Waals surface area contributed by atoms with E-state index in [2.05, 4.69) is 15.5 Å². The SMILES string of the molecule is O=C(NC1CCCC1)c1nc(Cn2c(=O)oc3ccc(Cl)cc32)no1. The van der Waals surface area contributed by atoms with Crippen molar-refractivity contribution in [1.82, 2.24) is 20.0 Å². The molecule has 0 bridgehead atoms. The third kappa shape index (κ3) is 3.17. The van der Waals surface area contributed by atoms with Crippen LogP contribution in [0, 0.1) is 0 Å². The van der Waals surface area contributed by atoms with Crippen molar-refractivity contribution in [2.75, 3.05) is 0 Å². The second-order valence-corrected chi connectivity index (χ2v) is 6.47. The van der Waals surface area contributed by atoms with Crippen LogP contribution in [0.1, 0.15) is 42.2 Å². The summed E-state index contributed by atoms with van der Waals surface area (Å²) in [5, 5.41) is 7.13. The van der Waals surface area contributed by atoms with E-state index in [1.165, 1.54) is 4.57 Å². The quantitative estimate of drug-likeness (QED) is 0.764. The van der Waals surface area contributed by atoms with E-state index in [0.717, 1.165) is 25.7 Å². The third-order valence-electron chi connectivity index (χ3n) is 4.28. The molecule has 1 aliphatic carbocycles. The Labute approximate surface area is 146 Å². The molecule has 1 amide bonds. The normalized spacial score (nSPS) is 15.1. The highest BCUT2D eigenvalue weighted by Crippen LogP contribution is 2.19. The monoisotopic (exact) mass is 362 g/mol. The Morgan fingerprint density at radius 1 is 1.36 bits per heavy atom. The molecule has 130 valence electrons. The van der Waals surface area contributed by atoms with Crippen LogP contribution < -0.4 is 11.1 Å². The number of benzene rings is 1. The molecule has 0 spiro atoms. The smallest absolute Gasteiger partial charge is 0.408 e. The summed E-state index contributed by atoms with van der Waals surface area (Å²) in [6, 6.07) is 5.03. The Hall–Kier alpha value is -2.61. The van der Waals surface area contributed by atoms with Crippen LogP contribution in [0.3, 0.4) is 0 Å². The number of nitrogens with one attached hydrogen (secondary N) is 1. The van der Waals surface area contributed by atoms with Crippen LogP contribution in [0.25, 0.3) is 11.1 Å². The lowest BCUT2D eigenvalue weighted by molar-refractivity contribution is 0.0893. The van der Waals surface area contributed by atoms with Crippen LogP contribution in [0.4, 0.5) is 0 Å². The highest BCUT2D eigenvalue weighted by molar-refractivity contribution is 6.31. The largest absolute Gasteiger partial charge is 0.420 e. The molecule has 1 fully saturated rings. The Kier molecular flexibility index (Phi) is 4.04. The van der Waals surface area contributed by atoms with E-state index in [9.17, 15) is 9.59 Å². The van der Waals surface area contributed by atoms with E-state index in [-0.39, 0.29) is 24.3 Å². The minimum Gasteiger partial charge on any atom is -0.408 e. The van der Waals surface area contributed by atoms with Crippen molar-refractivity contribution >= 4 is 28.6 Å². The van der Waals surface area contributed by atoms with E-state index in [4.69, 9.17) is 20.5 Å². The number of nitrogens with zero attached hydrogens (tertiary/aromatic N) is 3. The first-order chi connectivity index (χ1) is 12.1. The van der Waals surface area contributed by atoms with E-state index >= 15 is 0 Å². The molecule has 2 heterocycles. The fraction of sp³-hybridized carbons (Fsp3) is 0.375. The molecule has 1 saturated carbocycles. The van der Waals surface area contributed by atoms with E-state index in [1.54, 1.807) is 18.2 Å². The minimum atomic E-state index is -0.556. The van der Waals surface area contributed by atoms with E-state index in [0.29, 0.717) is 16.1 Å². The van der Waals surface area contributed by atoms with Gasteiger partial charge in [0.1, 0.15) is 0 Å². The molecule has 4 rings (SSSR count). The third-order valence-corrected chi connectivity index (χ3v) is 4.52. The number of carbonyl (C=O) groups excluding carboxylic acids is 1. The number of amides is 1. The maximum absolute atomic E-state index is 12.1. The van der Waals surface area contributed by atoms with Gasteiger partial charge in [-0.05, 0) is 31.0 Å². The van der Waals surface area contributed by atoms with Gasteiger partial charge in [0.05, 0.1) is 12.1 Å². The summed E-state index contributed by atoms with van der Waals surface area (Å²) in [7, 11) is 0. The molecule has 1 N–H and O–H groups in total. The van der Waals surface area contributed by atoms with Crippen LogP contribution in [-0.4, -0.2) is 26.7 Å². The molecule has 0 aliphatic heterocycles. The van der Waals surface area contributed by atoms with Crippen molar-refractivity contribution in [1.29, 1.82) is 0 Å². The van der Waals surface area contributed by atoms with Gasteiger partial charge < -0.3 is 14.3 Å². The van der Waals surface area contributed by atoms with Crippen molar-refractivity contribution < 1.29 is 13.7 Å². The molecule has 3 aromatic rings. The zero-order valence-electron chi connectivity index (χ0n) is 13.2. The van der Waals surface area contributed by atoms with Crippen LogP contribution in [0.5, 0.6) is 0 Å². The van der Waals surface area contributed by atoms with Gasteiger partial charge >= 0.3 is 17.6 Å². The molecule has 1 aliphatic rings. The highest BCUT2D eigenvalue weighted by atomic mass is 35.5. The molecule has 8 nitrogen and oxygen atoms in total. The first-order valence-corrected chi connectivity index (χ1v) is 8.40. The second-order valence-electron chi connectivity index (χ2n) is 6.04. The highest BCUT2D eigenvalue weighted by Gasteiger charge is 2.22. The van der Waals surface area contributed by atoms with E-state index < -0.39 is 11.7 Å². The summed E-state index contributed by atoms with van der Waals surface area (Å²) in [4.78, 5) is 28.2. The van der Waals surface area contributed by atoms with Crippen LogP contribution in [-0.2, 0) is 6.54 Å². The molecular formula is C16H15ClN4O4. The Bertz CT molecular complexity index is 984. The van der Waals surface area contributed by atoms with Crippen molar-refractivity contribution in [3.63, 3.8) is 0 Å². The van der Waals surface area contributed by atoms with Crippen molar-refractivity contribution in [2.24, 2.45) is 0 Å². The first-order valence-electron chi connectivity index (χ1n) is 8.02. The molecule has 0 unspecified atom stereocenters. The fourth-order valence-corrected chi connectivity index (χ4v) is 3.22. The first kappa shape index (κ1) is 15.9. The summed E-state index contributed by atoms with van der Waals surface area (Å²) in [5.41, 5.74) is 0.941. The minimum absolute atomic E-state index is 0.0202. The molecular weight excluding hydrogens is 348 g/mol. The van der Waals surface area contributed by atoms with Gasteiger partial charge in [-0.15, -0.1) is 0 Å². The van der Waals surface area contributed by atoms with Gasteiger partial charge in [-0.1, -0.05) is 29.6 Å². The van der Waals surface area contributed by atoms with Gasteiger partial charge in [-0.2, -0.15) is 4.98 Å². The molecule has 0 radical (unpaired) electrons. The van der Waals surface area contributed by atoms with Gasteiger partial charge in [-0.3, -0.25) is 9.36 Å². The van der Waals surface area contributed by atoms with Gasteiger partial charge in [0.15, 0.2) is 11.4 Å². The number of carbonyl (C=O) groups is 1. The molecule has 0 atom stereocenters.